The molecule has 1 atom stereocenters. The second-order valence-electron chi connectivity index (χ2n) is 2.79. The van der Waals surface area contributed by atoms with Crippen LogP contribution in [0.4, 0.5) is 0 Å². The molecule has 0 amide bonds. The van der Waals surface area contributed by atoms with E-state index in [1.807, 2.05) is 25.1 Å². The quantitative estimate of drug-likeness (QED) is 0.560. The minimum absolute atomic E-state index is 0.487. The number of alkyl halides is 1. The van der Waals surface area contributed by atoms with E-state index in [9.17, 15) is 4.79 Å². The van der Waals surface area contributed by atoms with Gasteiger partial charge in [0.2, 0.25) is 5.24 Å². The third kappa shape index (κ3) is 2.04. The summed E-state index contributed by atoms with van der Waals surface area (Å²) in [5, 5.41) is -0.525. The number of hydrogen-bond acceptors (Lipinski definition) is 1. The molecule has 0 heterocycles. The Labute approximate surface area is 87.7 Å². The second-order valence-corrected chi connectivity index (χ2v) is 3.78. The minimum atomic E-state index is -1.07. The normalized spacial score (nSPS) is 15.0. The Bertz CT molecular complexity index is 297. The summed E-state index contributed by atoms with van der Waals surface area (Å²) < 4.78 is 0. The van der Waals surface area contributed by atoms with Gasteiger partial charge in [-0.3, -0.25) is 4.79 Å². The Kier molecular flexibility index (Phi) is 3.34. The number of halogens is 2. The molecule has 3 heteroatoms. The fraction of sp³-hybridized carbons (Fsp3) is 0.300. The molecule has 0 saturated carbocycles. The van der Waals surface area contributed by atoms with Crippen LogP contribution in [0.3, 0.4) is 0 Å². The average Bonchev–Trinajstić information content (AvgIpc) is 2.17. The zero-order valence-corrected chi connectivity index (χ0v) is 8.77. The molecule has 0 bridgehead atoms. The summed E-state index contributed by atoms with van der Waals surface area (Å²) in [6.45, 7) is 1.83. The highest BCUT2D eigenvalue weighted by Crippen LogP contribution is 2.34. The molecule has 1 aromatic rings. The fourth-order valence-corrected chi connectivity index (χ4v) is 1.53. The van der Waals surface area contributed by atoms with E-state index in [0.29, 0.717) is 6.42 Å². The Morgan fingerprint density at radius 3 is 2.31 bits per heavy atom. The molecule has 0 aliphatic rings. The minimum Gasteiger partial charge on any atom is -0.279 e. The van der Waals surface area contributed by atoms with Crippen molar-refractivity contribution in [3.05, 3.63) is 35.9 Å². The van der Waals surface area contributed by atoms with Gasteiger partial charge in [-0.05, 0) is 23.6 Å². The van der Waals surface area contributed by atoms with Gasteiger partial charge in [0.1, 0.15) is 4.87 Å². The molecule has 1 unspecified atom stereocenters. The Balaban J connectivity index is 3.11. The van der Waals surface area contributed by atoms with E-state index < -0.39 is 10.1 Å². The summed E-state index contributed by atoms with van der Waals surface area (Å²) >= 11 is 11.6. The molecule has 0 aromatic heterocycles. The maximum Gasteiger partial charge on any atom is 0.247 e. The molecule has 70 valence electrons. The predicted molar refractivity (Wildman–Crippen MR) is 55.1 cm³/mol. The zero-order valence-electron chi connectivity index (χ0n) is 7.26. The van der Waals surface area contributed by atoms with Crippen molar-refractivity contribution in [2.24, 2.45) is 0 Å². The van der Waals surface area contributed by atoms with Crippen molar-refractivity contribution in [1.29, 1.82) is 0 Å². The van der Waals surface area contributed by atoms with E-state index in [4.69, 9.17) is 23.2 Å². The van der Waals surface area contributed by atoms with Gasteiger partial charge in [0.25, 0.3) is 0 Å². The summed E-state index contributed by atoms with van der Waals surface area (Å²) in [7, 11) is 0. The van der Waals surface area contributed by atoms with Crippen LogP contribution in [0.2, 0.25) is 0 Å². The summed E-state index contributed by atoms with van der Waals surface area (Å²) in [6.07, 6.45) is 0.487. The summed E-state index contributed by atoms with van der Waals surface area (Å²) in [4.78, 5) is 10.1. The van der Waals surface area contributed by atoms with Crippen LogP contribution in [-0.2, 0) is 9.67 Å². The molecule has 1 aromatic carbocycles. The Morgan fingerprint density at radius 1 is 1.38 bits per heavy atom. The summed E-state index contributed by atoms with van der Waals surface area (Å²) in [5.74, 6) is 0. The van der Waals surface area contributed by atoms with Crippen molar-refractivity contribution in [2.75, 3.05) is 0 Å². The first-order chi connectivity index (χ1) is 6.11. The molecular formula is C10H10Cl2O. The zero-order chi connectivity index (χ0) is 9.90. The van der Waals surface area contributed by atoms with Gasteiger partial charge in [0.05, 0.1) is 0 Å². The van der Waals surface area contributed by atoms with Gasteiger partial charge in [-0.25, -0.2) is 0 Å². The maximum atomic E-state index is 11.1. The molecule has 13 heavy (non-hydrogen) atoms. The largest absolute Gasteiger partial charge is 0.279 e. The monoisotopic (exact) mass is 216 g/mol. The van der Waals surface area contributed by atoms with Crippen molar-refractivity contribution < 1.29 is 4.79 Å². The molecule has 0 radical (unpaired) electrons. The maximum absolute atomic E-state index is 11.1. The van der Waals surface area contributed by atoms with E-state index in [-0.39, 0.29) is 0 Å². The van der Waals surface area contributed by atoms with Gasteiger partial charge < -0.3 is 0 Å². The molecule has 1 nitrogen and oxygen atoms in total. The molecule has 0 spiro atoms. The van der Waals surface area contributed by atoms with E-state index in [0.717, 1.165) is 5.56 Å². The lowest BCUT2D eigenvalue weighted by Crippen LogP contribution is -2.24. The van der Waals surface area contributed by atoms with Gasteiger partial charge in [0, 0.05) is 0 Å². The van der Waals surface area contributed by atoms with Gasteiger partial charge in [0.15, 0.2) is 0 Å². The smallest absolute Gasteiger partial charge is 0.247 e. The van der Waals surface area contributed by atoms with Crippen LogP contribution in [0.1, 0.15) is 18.9 Å². The molecule has 0 saturated heterocycles. The van der Waals surface area contributed by atoms with Crippen LogP contribution in [0, 0.1) is 0 Å². The SMILES string of the molecule is CCC(Cl)(C(=O)Cl)c1ccccc1. The fourth-order valence-electron chi connectivity index (χ4n) is 1.16. The Morgan fingerprint density at radius 2 is 1.92 bits per heavy atom. The summed E-state index contributed by atoms with van der Waals surface area (Å²) in [5.41, 5.74) is 0.749. The van der Waals surface area contributed by atoms with Crippen LogP contribution in [0.5, 0.6) is 0 Å². The lowest BCUT2D eigenvalue weighted by molar-refractivity contribution is -0.114. The number of benzene rings is 1. The van der Waals surface area contributed by atoms with Gasteiger partial charge >= 0.3 is 0 Å². The lowest BCUT2D eigenvalue weighted by atomic mass is 9.97. The first kappa shape index (κ1) is 10.6. The molecule has 0 N–H and O–H groups in total. The van der Waals surface area contributed by atoms with E-state index in [1.165, 1.54) is 0 Å². The molecule has 0 aliphatic heterocycles. The van der Waals surface area contributed by atoms with Crippen LogP contribution >= 0.6 is 23.2 Å². The van der Waals surface area contributed by atoms with Crippen molar-refractivity contribution in [3.8, 4) is 0 Å². The highest BCUT2D eigenvalue weighted by Gasteiger charge is 2.34. The highest BCUT2D eigenvalue weighted by molar-refractivity contribution is 6.70. The third-order valence-corrected chi connectivity index (χ3v) is 3.11. The number of carbonyl (C=O) groups excluding carboxylic acids is 1. The topological polar surface area (TPSA) is 17.1 Å². The Hall–Kier alpha value is -0.530. The first-order valence-corrected chi connectivity index (χ1v) is 4.81. The van der Waals surface area contributed by atoms with Gasteiger partial charge in [-0.15, -0.1) is 11.6 Å². The number of hydrogen-bond donors (Lipinski definition) is 0. The lowest BCUT2D eigenvalue weighted by Gasteiger charge is -2.20. The second kappa shape index (κ2) is 4.12. The van der Waals surface area contributed by atoms with Crippen LogP contribution in [-0.4, -0.2) is 5.24 Å². The van der Waals surface area contributed by atoms with Crippen LogP contribution in [0.25, 0.3) is 0 Å². The summed E-state index contributed by atoms with van der Waals surface area (Å²) in [6, 6.07) is 9.15. The molecule has 1 rings (SSSR count). The number of carbonyl (C=O) groups is 1. The highest BCUT2D eigenvalue weighted by atomic mass is 35.5. The van der Waals surface area contributed by atoms with Crippen molar-refractivity contribution in [1.82, 2.24) is 0 Å². The standard InChI is InChI=1S/C10H10Cl2O/c1-2-10(12,9(11)13)8-6-4-3-5-7-8/h3-7H,2H2,1H3. The van der Waals surface area contributed by atoms with Crippen LogP contribution < -0.4 is 0 Å². The third-order valence-electron chi connectivity index (χ3n) is 2.03. The number of rotatable bonds is 3. The molecule has 0 aliphatic carbocycles. The molecular weight excluding hydrogens is 207 g/mol. The molecule has 0 fully saturated rings. The van der Waals surface area contributed by atoms with Crippen LogP contribution in [0.15, 0.2) is 30.3 Å². The predicted octanol–water partition coefficient (Wildman–Crippen LogP) is 3.30. The van der Waals surface area contributed by atoms with Gasteiger partial charge in [-0.2, -0.15) is 0 Å². The van der Waals surface area contributed by atoms with Gasteiger partial charge in [-0.1, -0.05) is 37.3 Å². The van der Waals surface area contributed by atoms with Crippen molar-refractivity contribution in [3.63, 3.8) is 0 Å². The van der Waals surface area contributed by atoms with E-state index in [1.54, 1.807) is 12.1 Å². The average molecular weight is 217 g/mol. The van der Waals surface area contributed by atoms with Crippen molar-refractivity contribution in [2.45, 2.75) is 18.2 Å². The van der Waals surface area contributed by atoms with Crippen molar-refractivity contribution >= 4 is 28.4 Å². The first-order valence-electron chi connectivity index (χ1n) is 4.05. The van der Waals surface area contributed by atoms with E-state index in [2.05, 4.69) is 0 Å². The van der Waals surface area contributed by atoms with E-state index >= 15 is 0 Å².